The molecule has 0 aliphatic rings. The standard InChI is InChI=1S/C14H16FNO2/c1-3-11(13-5-4-8-18-13)16-12-7-6-10(15)9-14(12)17-2/h4-9,11,16H,3H2,1-2H3. The molecule has 0 aliphatic heterocycles. The zero-order valence-electron chi connectivity index (χ0n) is 10.4. The van der Waals surface area contributed by atoms with Crippen molar-refractivity contribution >= 4 is 5.69 Å². The number of benzene rings is 1. The van der Waals surface area contributed by atoms with E-state index in [1.165, 1.54) is 19.2 Å². The monoisotopic (exact) mass is 249 g/mol. The Morgan fingerprint density at radius 1 is 1.39 bits per heavy atom. The number of anilines is 1. The van der Waals surface area contributed by atoms with Gasteiger partial charge in [0.05, 0.1) is 25.1 Å². The first kappa shape index (κ1) is 12.5. The summed E-state index contributed by atoms with van der Waals surface area (Å²) in [6.45, 7) is 2.05. The lowest BCUT2D eigenvalue weighted by Crippen LogP contribution is -2.09. The van der Waals surface area contributed by atoms with E-state index in [0.717, 1.165) is 17.9 Å². The second-order valence-corrected chi connectivity index (χ2v) is 3.97. The Labute approximate surface area is 106 Å². The summed E-state index contributed by atoms with van der Waals surface area (Å²) < 4.78 is 23.6. The molecule has 0 bridgehead atoms. The van der Waals surface area contributed by atoms with Gasteiger partial charge >= 0.3 is 0 Å². The third-order valence-corrected chi connectivity index (χ3v) is 2.79. The molecule has 1 aromatic heterocycles. The van der Waals surface area contributed by atoms with E-state index < -0.39 is 0 Å². The molecule has 0 saturated carbocycles. The van der Waals surface area contributed by atoms with Crippen LogP contribution < -0.4 is 10.1 Å². The smallest absolute Gasteiger partial charge is 0.144 e. The highest BCUT2D eigenvalue weighted by Crippen LogP contribution is 2.30. The molecule has 1 atom stereocenters. The highest BCUT2D eigenvalue weighted by molar-refractivity contribution is 5.57. The van der Waals surface area contributed by atoms with Gasteiger partial charge in [0.2, 0.25) is 0 Å². The molecule has 0 aliphatic carbocycles. The van der Waals surface area contributed by atoms with Crippen LogP contribution in [-0.4, -0.2) is 7.11 Å². The predicted molar refractivity (Wildman–Crippen MR) is 68.3 cm³/mol. The number of ether oxygens (including phenoxy) is 1. The molecule has 4 heteroatoms. The first-order chi connectivity index (χ1) is 8.74. The van der Waals surface area contributed by atoms with Gasteiger partial charge in [-0.2, -0.15) is 0 Å². The summed E-state index contributed by atoms with van der Waals surface area (Å²) in [5.74, 6) is 1.02. The SMILES string of the molecule is CCC(Nc1ccc(F)cc1OC)c1ccco1. The fourth-order valence-electron chi connectivity index (χ4n) is 1.84. The molecule has 1 heterocycles. The molecular weight excluding hydrogens is 233 g/mol. The van der Waals surface area contributed by atoms with Gasteiger partial charge in [0.1, 0.15) is 17.3 Å². The van der Waals surface area contributed by atoms with Crippen LogP contribution in [0.3, 0.4) is 0 Å². The molecule has 3 nitrogen and oxygen atoms in total. The Balaban J connectivity index is 2.22. The molecule has 0 fully saturated rings. The number of rotatable bonds is 5. The van der Waals surface area contributed by atoms with E-state index in [1.807, 2.05) is 12.1 Å². The molecule has 1 aromatic carbocycles. The van der Waals surface area contributed by atoms with Crippen molar-refractivity contribution in [1.29, 1.82) is 0 Å². The number of nitrogens with one attached hydrogen (secondary N) is 1. The van der Waals surface area contributed by atoms with E-state index in [1.54, 1.807) is 12.3 Å². The van der Waals surface area contributed by atoms with Crippen LogP contribution in [0.1, 0.15) is 25.1 Å². The van der Waals surface area contributed by atoms with Crippen LogP contribution in [0.25, 0.3) is 0 Å². The largest absolute Gasteiger partial charge is 0.494 e. The normalized spacial score (nSPS) is 12.2. The maximum Gasteiger partial charge on any atom is 0.144 e. The molecule has 0 amide bonds. The van der Waals surface area contributed by atoms with Crippen LogP contribution in [0.4, 0.5) is 10.1 Å². The van der Waals surface area contributed by atoms with E-state index in [9.17, 15) is 4.39 Å². The van der Waals surface area contributed by atoms with Crippen molar-refractivity contribution in [1.82, 2.24) is 0 Å². The molecule has 0 saturated heterocycles. The molecular formula is C14H16FNO2. The van der Waals surface area contributed by atoms with Gasteiger partial charge in [-0.25, -0.2) is 4.39 Å². The van der Waals surface area contributed by atoms with Crippen molar-refractivity contribution in [2.75, 3.05) is 12.4 Å². The van der Waals surface area contributed by atoms with Gasteiger partial charge in [0.15, 0.2) is 0 Å². The number of halogens is 1. The first-order valence-electron chi connectivity index (χ1n) is 5.88. The fourth-order valence-corrected chi connectivity index (χ4v) is 1.84. The van der Waals surface area contributed by atoms with Crippen LogP contribution in [0.2, 0.25) is 0 Å². The second-order valence-electron chi connectivity index (χ2n) is 3.97. The average molecular weight is 249 g/mol. The van der Waals surface area contributed by atoms with Gasteiger partial charge in [-0.3, -0.25) is 0 Å². The van der Waals surface area contributed by atoms with Crippen molar-refractivity contribution in [3.63, 3.8) is 0 Å². The van der Waals surface area contributed by atoms with Crippen LogP contribution in [-0.2, 0) is 0 Å². The zero-order chi connectivity index (χ0) is 13.0. The highest BCUT2D eigenvalue weighted by atomic mass is 19.1. The van der Waals surface area contributed by atoms with Crippen LogP contribution in [0.15, 0.2) is 41.0 Å². The fraction of sp³-hybridized carbons (Fsp3) is 0.286. The van der Waals surface area contributed by atoms with Crippen molar-refractivity contribution in [2.24, 2.45) is 0 Å². The Morgan fingerprint density at radius 2 is 2.22 bits per heavy atom. The summed E-state index contributed by atoms with van der Waals surface area (Å²) in [5.41, 5.74) is 0.752. The van der Waals surface area contributed by atoms with E-state index in [4.69, 9.17) is 9.15 Å². The minimum absolute atomic E-state index is 0.0411. The van der Waals surface area contributed by atoms with Crippen molar-refractivity contribution in [3.05, 3.63) is 48.2 Å². The maximum absolute atomic E-state index is 13.1. The lowest BCUT2D eigenvalue weighted by Gasteiger charge is -2.18. The second kappa shape index (κ2) is 5.58. The Morgan fingerprint density at radius 3 is 2.83 bits per heavy atom. The Kier molecular flexibility index (Phi) is 3.87. The summed E-state index contributed by atoms with van der Waals surface area (Å²) in [6.07, 6.45) is 2.50. The van der Waals surface area contributed by atoms with Crippen LogP contribution >= 0.6 is 0 Å². The minimum atomic E-state index is -0.316. The highest BCUT2D eigenvalue weighted by Gasteiger charge is 2.14. The molecule has 0 radical (unpaired) electrons. The zero-order valence-corrected chi connectivity index (χ0v) is 10.4. The molecule has 2 aromatic rings. The number of furan rings is 1. The molecule has 0 spiro atoms. The summed E-state index contributed by atoms with van der Waals surface area (Å²) >= 11 is 0. The van der Waals surface area contributed by atoms with Crippen molar-refractivity contribution < 1.29 is 13.5 Å². The lowest BCUT2D eigenvalue weighted by molar-refractivity contribution is 0.411. The summed E-state index contributed by atoms with van der Waals surface area (Å²) in [5, 5.41) is 3.29. The maximum atomic E-state index is 13.1. The van der Waals surface area contributed by atoms with Gasteiger partial charge in [0, 0.05) is 6.07 Å². The van der Waals surface area contributed by atoms with Gasteiger partial charge < -0.3 is 14.5 Å². The summed E-state index contributed by atoms with van der Waals surface area (Å²) in [6, 6.07) is 8.23. The van der Waals surface area contributed by atoms with E-state index in [2.05, 4.69) is 12.2 Å². The molecule has 1 unspecified atom stereocenters. The summed E-state index contributed by atoms with van der Waals surface area (Å²) in [4.78, 5) is 0. The average Bonchev–Trinajstić information content (AvgIpc) is 2.91. The van der Waals surface area contributed by atoms with Crippen molar-refractivity contribution in [3.8, 4) is 5.75 Å². The molecule has 96 valence electrons. The Hall–Kier alpha value is -1.97. The van der Waals surface area contributed by atoms with E-state index >= 15 is 0 Å². The van der Waals surface area contributed by atoms with Crippen molar-refractivity contribution in [2.45, 2.75) is 19.4 Å². The molecule has 1 N–H and O–H groups in total. The summed E-state index contributed by atoms with van der Waals surface area (Å²) in [7, 11) is 1.52. The minimum Gasteiger partial charge on any atom is -0.494 e. The van der Waals surface area contributed by atoms with E-state index in [0.29, 0.717) is 5.75 Å². The van der Waals surface area contributed by atoms with Crippen LogP contribution in [0, 0.1) is 5.82 Å². The van der Waals surface area contributed by atoms with Crippen LogP contribution in [0.5, 0.6) is 5.75 Å². The van der Waals surface area contributed by atoms with Gasteiger partial charge in [0.25, 0.3) is 0 Å². The molecule has 18 heavy (non-hydrogen) atoms. The number of methoxy groups -OCH3 is 1. The third kappa shape index (κ3) is 2.64. The number of hydrogen-bond acceptors (Lipinski definition) is 3. The van der Waals surface area contributed by atoms with Gasteiger partial charge in [-0.1, -0.05) is 6.92 Å². The van der Waals surface area contributed by atoms with Gasteiger partial charge in [-0.15, -0.1) is 0 Å². The topological polar surface area (TPSA) is 34.4 Å². The predicted octanol–water partition coefficient (Wildman–Crippen LogP) is 3.99. The molecule has 2 rings (SSSR count). The lowest BCUT2D eigenvalue weighted by atomic mass is 10.1. The quantitative estimate of drug-likeness (QED) is 0.870. The van der Waals surface area contributed by atoms with E-state index in [-0.39, 0.29) is 11.9 Å². The Bertz CT molecular complexity index is 497. The first-order valence-corrected chi connectivity index (χ1v) is 5.88. The van der Waals surface area contributed by atoms with Gasteiger partial charge in [-0.05, 0) is 30.7 Å². The third-order valence-electron chi connectivity index (χ3n) is 2.79. The number of hydrogen-bond donors (Lipinski definition) is 1.